The molecule has 1 atom stereocenters. The Morgan fingerprint density at radius 1 is 0.939 bits per heavy atom. The maximum absolute atomic E-state index is 12.7. The molecule has 0 radical (unpaired) electrons. The highest BCUT2D eigenvalue weighted by molar-refractivity contribution is 5.79. The molecule has 4 rings (SSSR count). The quantitative estimate of drug-likeness (QED) is 0.503. The number of amides is 1. The number of alkyl halides is 3. The minimum absolute atomic E-state index is 0.0708. The topological polar surface area (TPSA) is 41.6 Å². The Bertz CT molecular complexity index is 1070. The van der Waals surface area contributed by atoms with Crippen molar-refractivity contribution in [3.8, 4) is 11.5 Å². The van der Waals surface area contributed by atoms with Crippen molar-refractivity contribution in [1.29, 1.82) is 0 Å². The first-order valence-electron chi connectivity index (χ1n) is 10.8. The smallest absolute Gasteiger partial charge is 0.416 e. The molecule has 0 saturated carbocycles. The van der Waals surface area contributed by atoms with Gasteiger partial charge in [-0.3, -0.25) is 9.69 Å². The van der Waals surface area contributed by atoms with Crippen LogP contribution in [0.3, 0.4) is 0 Å². The summed E-state index contributed by atoms with van der Waals surface area (Å²) in [6.45, 7) is 2.38. The molecular weight excluding hydrogens is 429 g/mol. The number of hydrogen-bond donors (Lipinski definition) is 1. The molecule has 0 bridgehead atoms. The van der Waals surface area contributed by atoms with E-state index in [0.717, 1.165) is 42.2 Å². The number of halogens is 3. The van der Waals surface area contributed by atoms with Gasteiger partial charge in [-0.05, 0) is 60.5 Å². The first-order chi connectivity index (χ1) is 15.9. The van der Waals surface area contributed by atoms with Crippen molar-refractivity contribution in [2.24, 2.45) is 5.92 Å². The molecule has 7 heteroatoms. The fraction of sp³-hybridized carbons (Fsp3) is 0.269. The van der Waals surface area contributed by atoms with Gasteiger partial charge in [0, 0.05) is 19.6 Å². The summed E-state index contributed by atoms with van der Waals surface area (Å²) in [5.74, 6) is 1.34. The number of likely N-dealkylation sites (tertiary alicyclic amines) is 1. The molecule has 172 valence electrons. The van der Waals surface area contributed by atoms with Gasteiger partial charge >= 0.3 is 6.18 Å². The summed E-state index contributed by atoms with van der Waals surface area (Å²) in [6.07, 6.45) is -3.61. The number of ether oxygens (including phenoxy) is 1. The Morgan fingerprint density at radius 2 is 1.67 bits per heavy atom. The van der Waals surface area contributed by atoms with Crippen LogP contribution in [0.15, 0.2) is 78.9 Å². The van der Waals surface area contributed by atoms with E-state index >= 15 is 0 Å². The molecule has 3 aromatic rings. The van der Waals surface area contributed by atoms with Crippen LogP contribution in [0.4, 0.5) is 13.2 Å². The summed E-state index contributed by atoms with van der Waals surface area (Å²) >= 11 is 0. The number of carbonyl (C=O) groups is 1. The largest absolute Gasteiger partial charge is 0.457 e. The molecule has 0 aliphatic carbocycles. The lowest BCUT2D eigenvalue weighted by atomic mass is 10.1. The van der Waals surface area contributed by atoms with Crippen LogP contribution in [0.1, 0.15) is 23.1 Å². The lowest BCUT2D eigenvalue weighted by Gasteiger charge is -2.17. The molecule has 1 saturated heterocycles. The third kappa shape index (κ3) is 6.35. The maximum Gasteiger partial charge on any atom is 0.416 e. The number of rotatable bonds is 7. The van der Waals surface area contributed by atoms with Gasteiger partial charge in [0.25, 0.3) is 0 Å². The van der Waals surface area contributed by atoms with E-state index in [1.165, 1.54) is 12.1 Å². The maximum atomic E-state index is 12.7. The summed E-state index contributed by atoms with van der Waals surface area (Å²) in [5, 5.41) is 2.85. The van der Waals surface area contributed by atoms with Gasteiger partial charge in [0.2, 0.25) is 5.91 Å². The van der Waals surface area contributed by atoms with Crippen molar-refractivity contribution < 1.29 is 22.7 Å². The molecule has 0 spiro atoms. The van der Waals surface area contributed by atoms with Gasteiger partial charge in [-0.25, -0.2) is 0 Å². The minimum Gasteiger partial charge on any atom is -0.457 e. The highest BCUT2D eigenvalue weighted by Gasteiger charge is 2.30. The van der Waals surface area contributed by atoms with E-state index < -0.39 is 11.7 Å². The zero-order valence-corrected chi connectivity index (χ0v) is 18.0. The van der Waals surface area contributed by atoms with Gasteiger partial charge in [0.15, 0.2) is 0 Å². The molecule has 4 nitrogen and oxygen atoms in total. The van der Waals surface area contributed by atoms with Gasteiger partial charge < -0.3 is 10.1 Å². The van der Waals surface area contributed by atoms with Crippen LogP contribution in [-0.4, -0.2) is 23.9 Å². The number of nitrogens with one attached hydrogen (secondary N) is 1. The summed E-state index contributed by atoms with van der Waals surface area (Å²) in [5.41, 5.74) is 1.05. The van der Waals surface area contributed by atoms with E-state index in [-0.39, 0.29) is 18.4 Å². The van der Waals surface area contributed by atoms with Crippen LogP contribution in [0, 0.1) is 5.92 Å². The normalized spacial score (nSPS) is 16.5. The predicted octanol–water partition coefficient (Wildman–Crippen LogP) is 5.64. The molecule has 3 aromatic carbocycles. The predicted molar refractivity (Wildman–Crippen MR) is 120 cm³/mol. The average Bonchev–Trinajstić information content (AvgIpc) is 3.27. The van der Waals surface area contributed by atoms with Crippen LogP contribution < -0.4 is 10.1 Å². The minimum atomic E-state index is -4.36. The number of benzene rings is 3. The summed E-state index contributed by atoms with van der Waals surface area (Å²) in [6, 6.07) is 22.4. The Kier molecular flexibility index (Phi) is 6.99. The Balaban J connectivity index is 1.26. The van der Waals surface area contributed by atoms with E-state index in [1.54, 1.807) is 0 Å². The first-order valence-corrected chi connectivity index (χ1v) is 10.8. The fourth-order valence-corrected chi connectivity index (χ4v) is 3.93. The van der Waals surface area contributed by atoms with Crippen molar-refractivity contribution in [3.63, 3.8) is 0 Å². The molecule has 1 amide bonds. The van der Waals surface area contributed by atoms with Gasteiger partial charge in [-0.2, -0.15) is 13.2 Å². The first kappa shape index (κ1) is 22.9. The van der Waals surface area contributed by atoms with Gasteiger partial charge in [0.05, 0.1) is 11.5 Å². The van der Waals surface area contributed by atoms with Crippen molar-refractivity contribution in [3.05, 3.63) is 95.6 Å². The molecule has 1 heterocycles. The highest BCUT2D eigenvalue weighted by atomic mass is 19.4. The lowest BCUT2D eigenvalue weighted by molar-refractivity contribution is -0.137. The Morgan fingerprint density at radius 3 is 2.39 bits per heavy atom. The van der Waals surface area contributed by atoms with Crippen molar-refractivity contribution in [2.45, 2.75) is 25.7 Å². The third-order valence-corrected chi connectivity index (χ3v) is 5.67. The number of hydrogen-bond acceptors (Lipinski definition) is 3. The average molecular weight is 454 g/mol. The zero-order valence-electron chi connectivity index (χ0n) is 18.0. The van der Waals surface area contributed by atoms with Gasteiger partial charge in [0.1, 0.15) is 11.5 Å². The van der Waals surface area contributed by atoms with Gasteiger partial charge in [-0.15, -0.1) is 0 Å². The second kappa shape index (κ2) is 10.1. The molecular formula is C26H25F3N2O2. The molecule has 1 unspecified atom stereocenters. The number of carbonyl (C=O) groups excluding carboxylic acids is 1. The van der Waals surface area contributed by atoms with E-state index in [9.17, 15) is 18.0 Å². The zero-order chi connectivity index (χ0) is 23.3. The lowest BCUT2D eigenvalue weighted by Crippen LogP contribution is -2.32. The molecule has 1 aliphatic heterocycles. The Hall–Kier alpha value is -3.32. The second-order valence-corrected chi connectivity index (χ2v) is 8.20. The van der Waals surface area contributed by atoms with E-state index in [4.69, 9.17) is 4.74 Å². The summed E-state index contributed by atoms with van der Waals surface area (Å²) in [7, 11) is 0. The van der Waals surface area contributed by atoms with E-state index in [2.05, 4.69) is 10.2 Å². The van der Waals surface area contributed by atoms with Crippen LogP contribution in [0.25, 0.3) is 0 Å². The molecule has 1 N–H and O–H groups in total. The van der Waals surface area contributed by atoms with Crippen LogP contribution in [0.2, 0.25) is 0 Å². The van der Waals surface area contributed by atoms with Crippen LogP contribution in [0.5, 0.6) is 11.5 Å². The van der Waals surface area contributed by atoms with Crippen LogP contribution in [-0.2, 0) is 24.1 Å². The molecule has 0 aromatic heterocycles. The monoisotopic (exact) mass is 454 g/mol. The van der Waals surface area contributed by atoms with Crippen molar-refractivity contribution in [1.82, 2.24) is 10.2 Å². The van der Waals surface area contributed by atoms with Crippen LogP contribution >= 0.6 is 0 Å². The molecule has 33 heavy (non-hydrogen) atoms. The number of para-hydroxylation sites is 1. The van der Waals surface area contributed by atoms with Crippen molar-refractivity contribution in [2.75, 3.05) is 13.1 Å². The number of nitrogens with zero attached hydrogens (tertiary/aromatic N) is 1. The van der Waals surface area contributed by atoms with Gasteiger partial charge in [-0.1, -0.05) is 42.5 Å². The summed E-state index contributed by atoms with van der Waals surface area (Å²) < 4.78 is 43.9. The Labute approximate surface area is 191 Å². The standard InChI is InChI=1S/C26H25F3N2O2/c27-26(28,29)22-11-9-19(10-12-22)16-30-25(32)21-13-14-31(18-21)17-20-5-4-8-24(15-20)33-23-6-2-1-3-7-23/h1-12,15,21H,13-14,16-18H2,(H,30,32). The van der Waals surface area contributed by atoms with E-state index in [1.807, 2.05) is 54.6 Å². The third-order valence-electron chi connectivity index (χ3n) is 5.67. The van der Waals surface area contributed by atoms with E-state index in [0.29, 0.717) is 18.7 Å². The molecule has 1 fully saturated rings. The fourth-order valence-electron chi connectivity index (χ4n) is 3.93. The SMILES string of the molecule is O=C(NCc1ccc(C(F)(F)F)cc1)C1CCN(Cc2cccc(Oc3ccccc3)c2)C1. The highest BCUT2D eigenvalue weighted by Crippen LogP contribution is 2.29. The van der Waals surface area contributed by atoms with Crippen molar-refractivity contribution >= 4 is 5.91 Å². The second-order valence-electron chi connectivity index (χ2n) is 8.20. The molecule has 1 aliphatic rings. The summed E-state index contributed by atoms with van der Waals surface area (Å²) in [4.78, 5) is 14.8.